The molecule has 0 saturated carbocycles. The molecule has 0 aliphatic carbocycles. The van der Waals surface area contributed by atoms with Gasteiger partial charge in [-0.15, -0.1) is 12.4 Å². The molecule has 0 aliphatic rings. The van der Waals surface area contributed by atoms with Gasteiger partial charge in [0, 0.05) is 28.3 Å². The number of carboxylic acids is 1. The Morgan fingerprint density at radius 3 is 1.40 bits per heavy atom. The summed E-state index contributed by atoms with van der Waals surface area (Å²) in [6.07, 6.45) is -0.167. The van der Waals surface area contributed by atoms with Gasteiger partial charge in [0.15, 0.2) is 3.53 Å². The van der Waals surface area contributed by atoms with Crippen LogP contribution < -0.4 is 5.90 Å². The van der Waals surface area contributed by atoms with E-state index >= 15 is 0 Å². The molecule has 7 nitrogen and oxygen atoms in total. The van der Waals surface area contributed by atoms with Crippen LogP contribution in [0, 0.1) is 0 Å². The highest BCUT2D eigenvalue weighted by molar-refractivity contribution is 9.93. The average molecular weight is 506 g/mol. The minimum atomic E-state index is -1.43. The van der Waals surface area contributed by atoms with Gasteiger partial charge in [0.1, 0.15) is 0 Å². The Hall–Kier alpha value is 0.740. The second-order valence-corrected chi connectivity index (χ2v) is 3.36. The third-order valence-electron chi connectivity index (χ3n) is 0.176. The molecule has 0 radical (unpaired) electrons. The second-order valence-electron chi connectivity index (χ2n) is 0.797. The van der Waals surface area contributed by atoms with Gasteiger partial charge in [0.25, 0.3) is 0 Å². The number of rotatable bonds is 1. The predicted molar refractivity (Wildman–Crippen MR) is 71.9 cm³/mol. The van der Waals surface area contributed by atoms with Crippen LogP contribution in [0.15, 0.2) is 5.16 Å². The van der Waals surface area contributed by atoms with E-state index in [-0.39, 0.29) is 18.7 Å². The van der Waals surface area contributed by atoms with Gasteiger partial charge in [0.2, 0.25) is 6.29 Å². The van der Waals surface area contributed by atoms with Crippen LogP contribution in [0.5, 0.6) is 0 Å². The van der Waals surface area contributed by atoms with Gasteiger partial charge in [0.05, 0.1) is 0 Å². The van der Waals surface area contributed by atoms with E-state index in [9.17, 15) is 0 Å². The number of halogens is 5. The van der Waals surface area contributed by atoms with E-state index < -0.39 is 5.97 Å². The standard InChI is InChI=1S/C2H2O3.CHBr2NO.Br2.ClH.H3NO/c3-1-2(4)5;2-1(3)4-5;1-2;;1-2/h1H,(H,4,5);5H;;1H;2H,1H2. The first kappa shape index (κ1) is 29.6. The highest BCUT2D eigenvalue weighted by atomic mass is 80.9. The van der Waals surface area contributed by atoms with E-state index in [4.69, 9.17) is 25.1 Å². The summed E-state index contributed by atoms with van der Waals surface area (Å²) in [5, 5.41) is 24.1. The molecule has 12 heteroatoms. The topological polar surface area (TPSA) is 133 Å². The number of hydrogen-bond donors (Lipinski definition) is 4. The molecular formula is C3H7Br4ClN2O5. The minimum Gasteiger partial charge on any atom is -0.476 e. The molecule has 0 aromatic heterocycles. The van der Waals surface area contributed by atoms with Crippen LogP contribution in [-0.2, 0) is 9.59 Å². The quantitative estimate of drug-likeness (QED) is 0.142. The molecule has 0 amide bonds. The molecule has 0 aromatic rings. The fourth-order valence-corrected chi connectivity index (χ4v) is 0. The summed E-state index contributed by atoms with van der Waals surface area (Å²) >= 11 is 11.1. The fourth-order valence-electron chi connectivity index (χ4n) is 0. The molecule has 0 aliphatic heterocycles. The third kappa shape index (κ3) is 106. The number of hydrogen-bond acceptors (Lipinski definition) is 6. The Balaban J connectivity index is -0.0000000318. The zero-order valence-corrected chi connectivity index (χ0v) is 13.8. The van der Waals surface area contributed by atoms with Crippen LogP contribution in [-0.4, -0.2) is 31.3 Å². The molecule has 5 N–H and O–H groups in total. The lowest BCUT2D eigenvalue weighted by atomic mass is 10.8. The van der Waals surface area contributed by atoms with E-state index in [1.54, 1.807) is 0 Å². The van der Waals surface area contributed by atoms with Gasteiger partial charge in [-0.25, -0.2) is 10.7 Å². The third-order valence-corrected chi connectivity index (χ3v) is 0.494. The van der Waals surface area contributed by atoms with Gasteiger partial charge in [-0.1, -0.05) is 5.16 Å². The monoisotopic (exact) mass is 502 g/mol. The Labute approximate surface area is 124 Å². The lowest BCUT2D eigenvalue weighted by Gasteiger charge is -1.66. The van der Waals surface area contributed by atoms with Crippen LogP contribution in [0.3, 0.4) is 0 Å². The van der Waals surface area contributed by atoms with Gasteiger partial charge in [-0.2, -0.15) is 0 Å². The van der Waals surface area contributed by atoms with Crippen molar-refractivity contribution in [2.24, 2.45) is 11.1 Å². The van der Waals surface area contributed by atoms with Crippen molar-refractivity contribution in [1.29, 1.82) is 0 Å². The summed E-state index contributed by atoms with van der Waals surface area (Å²) in [5.41, 5.74) is 0. The minimum absolute atomic E-state index is 0. The summed E-state index contributed by atoms with van der Waals surface area (Å²) in [5.74, 6) is 2.07. The summed E-state index contributed by atoms with van der Waals surface area (Å²) < 4.78 is 0.310. The normalized spacial score (nSPS) is 5.20. The largest absolute Gasteiger partial charge is 0.476 e. The lowest BCUT2D eigenvalue weighted by Crippen LogP contribution is -1.91. The summed E-state index contributed by atoms with van der Waals surface area (Å²) in [6.45, 7) is 0. The van der Waals surface area contributed by atoms with E-state index in [1.807, 2.05) is 0 Å². The van der Waals surface area contributed by atoms with Gasteiger partial charge < -0.3 is 15.5 Å². The van der Waals surface area contributed by atoms with Crippen LogP contribution in [0.4, 0.5) is 0 Å². The van der Waals surface area contributed by atoms with Crippen molar-refractivity contribution in [1.82, 2.24) is 0 Å². The summed E-state index contributed by atoms with van der Waals surface area (Å²) in [7, 11) is 0. The van der Waals surface area contributed by atoms with Gasteiger partial charge >= 0.3 is 5.97 Å². The van der Waals surface area contributed by atoms with Crippen LogP contribution in [0.25, 0.3) is 0 Å². The number of nitrogens with two attached hydrogens (primary N) is 1. The molecule has 0 atom stereocenters. The molecule has 94 valence electrons. The van der Waals surface area contributed by atoms with Gasteiger partial charge in [-0.3, -0.25) is 4.79 Å². The molecule has 0 fully saturated rings. The summed E-state index contributed by atoms with van der Waals surface area (Å²) in [6, 6.07) is 0. The Kier molecular flexibility index (Phi) is 72.0. The van der Waals surface area contributed by atoms with E-state index in [0.717, 1.165) is 0 Å². The Bertz CT molecular complexity index is 155. The first-order chi connectivity index (χ1) is 6.54. The number of carbonyl (C=O) groups excluding carboxylic acids is 1. The molecule has 0 aromatic carbocycles. The number of carbonyl (C=O) groups is 2. The average Bonchev–Trinajstić information content (AvgIpc) is 2.24. The van der Waals surface area contributed by atoms with Crippen LogP contribution >= 0.6 is 72.5 Å². The van der Waals surface area contributed by atoms with E-state index in [1.165, 1.54) is 0 Å². The van der Waals surface area contributed by atoms with Crippen molar-refractivity contribution in [2.45, 2.75) is 0 Å². The number of carboxylic acid groups (broad SMARTS) is 1. The van der Waals surface area contributed by atoms with E-state index in [0.29, 0.717) is 3.53 Å². The van der Waals surface area contributed by atoms with Crippen molar-refractivity contribution in [3.63, 3.8) is 0 Å². The molecule has 0 spiro atoms. The molecule has 0 unspecified atom stereocenters. The summed E-state index contributed by atoms with van der Waals surface area (Å²) in [4.78, 5) is 17.9. The highest BCUT2D eigenvalue weighted by Gasteiger charge is 1.80. The van der Waals surface area contributed by atoms with Crippen molar-refractivity contribution >= 4 is 88.3 Å². The van der Waals surface area contributed by atoms with Crippen molar-refractivity contribution in [2.75, 3.05) is 0 Å². The molecule has 15 heavy (non-hydrogen) atoms. The predicted octanol–water partition coefficient (Wildman–Crippen LogP) is 2.24. The maximum Gasteiger partial charge on any atom is 0.368 e. The van der Waals surface area contributed by atoms with Crippen molar-refractivity contribution in [3.8, 4) is 0 Å². The maximum atomic E-state index is 9.00. The van der Waals surface area contributed by atoms with Crippen LogP contribution in [0.1, 0.15) is 0 Å². The van der Waals surface area contributed by atoms with Crippen LogP contribution in [0.2, 0.25) is 0 Å². The van der Waals surface area contributed by atoms with E-state index in [2.05, 4.69) is 71.2 Å². The maximum absolute atomic E-state index is 9.00. The number of aldehydes is 1. The molecule has 0 heterocycles. The number of aliphatic carboxylic acids is 1. The fraction of sp³-hybridized carbons (Fsp3) is 0. The lowest BCUT2D eigenvalue weighted by molar-refractivity contribution is -0.143. The number of nitrogens with zero attached hydrogens (tertiary/aromatic N) is 1. The molecule has 0 rings (SSSR count). The first-order valence-corrected chi connectivity index (χ1v) is 7.46. The smallest absolute Gasteiger partial charge is 0.368 e. The first-order valence-electron chi connectivity index (χ1n) is 2.15. The Morgan fingerprint density at radius 1 is 1.27 bits per heavy atom. The molecule has 0 bridgehead atoms. The Morgan fingerprint density at radius 2 is 1.40 bits per heavy atom. The second kappa shape index (κ2) is 36.4. The van der Waals surface area contributed by atoms with Gasteiger partial charge in [-0.05, 0) is 31.9 Å². The van der Waals surface area contributed by atoms with Crippen molar-refractivity contribution < 1.29 is 25.1 Å². The zero-order chi connectivity index (χ0) is 12.6. The molecular weight excluding hydrogens is 499 g/mol. The highest BCUT2D eigenvalue weighted by Crippen LogP contribution is 1.94. The SMILES string of the molecule is BrBr.Cl.NO.O=CC(=O)O.ON=C(Br)Br. The van der Waals surface area contributed by atoms with Crippen molar-refractivity contribution in [3.05, 3.63) is 0 Å². The zero-order valence-electron chi connectivity index (χ0n) is 6.68. The number of oxime groups is 1. The molecule has 0 saturated heterocycles.